The number of methoxy groups -OCH3 is 1. The molecule has 0 fully saturated rings. The molecule has 1 unspecified atom stereocenters. The Morgan fingerprint density at radius 1 is 1.48 bits per heavy atom. The smallest absolute Gasteiger partial charge is 0.311 e. The molecule has 21 heavy (non-hydrogen) atoms. The highest BCUT2D eigenvalue weighted by molar-refractivity contribution is 5.71. The minimum absolute atomic E-state index is 0.125. The molecule has 1 rings (SSSR count). The first kappa shape index (κ1) is 16.7. The number of anilines is 1. The maximum Gasteiger partial charge on any atom is 0.311 e. The van der Waals surface area contributed by atoms with Crippen molar-refractivity contribution in [3.05, 3.63) is 28.3 Å². The van der Waals surface area contributed by atoms with Gasteiger partial charge in [0, 0.05) is 24.4 Å². The molecule has 1 aromatic carbocycles. The molecule has 0 aliphatic carbocycles. The normalized spacial score (nSPS) is 12.0. The average Bonchev–Trinajstić information content (AvgIpc) is 2.42. The van der Waals surface area contributed by atoms with E-state index in [0.717, 1.165) is 0 Å². The van der Waals surface area contributed by atoms with Gasteiger partial charge in [-0.3, -0.25) is 14.9 Å². The van der Waals surface area contributed by atoms with Gasteiger partial charge in [0.15, 0.2) is 5.75 Å². The van der Waals surface area contributed by atoms with Crippen LogP contribution in [-0.2, 0) is 4.79 Å². The first-order valence-corrected chi connectivity index (χ1v) is 6.64. The molecule has 1 atom stereocenters. The second kappa shape index (κ2) is 7.47. The SMILES string of the molecule is COc1cc(NCC(CC(C)C)C(=O)O)ccc1[N+](=O)[O-]. The Kier molecular flexibility index (Phi) is 5.95. The van der Waals surface area contributed by atoms with Crippen molar-refractivity contribution in [2.24, 2.45) is 11.8 Å². The highest BCUT2D eigenvalue weighted by Crippen LogP contribution is 2.29. The zero-order valence-corrected chi connectivity index (χ0v) is 12.3. The summed E-state index contributed by atoms with van der Waals surface area (Å²) in [6.07, 6.45) is 0.562. The molecule has 1 aromatic rings. The van der Waals surface area contributed by atoms with Crippen LogP contribution in [0.5, 0.6) is 5.75 Å². The molecule has 0 heterocycles. The predicted molar refractivity (Wildman–Crippen MR) is 78.7 cm³/mol. The third-order valence-corrected chi connectivity index (χ3v) is 3.03. The Balaban J connectivity index is 2.78. The number of benzene rings is 1. The van der Waals surface area contributed by atoms with Gasteiger partial charge in [-0.1, -0.05) is 13.8 Å². The molecular weight excluding hydrogens is 276 g/mol. The van der Waals surface area contributed by atoms with Crippen molar-refractivity contribution in [3.8, 4) is 5.75 Å². The van der Waals surface area contributed by atoms with Crippen LogP contribution < -0.4 is 10.1 Å². The van der Waals surface area contributed by atoms with Crippen LogP contribution in [0, 0.1) is 22.0 Å². The van der Waals surface area contributed by atoms with Crippen LogP contribution in [0.4, 0.5) is 11.4 Å². The van der Waals surface area contributed by atoms with E-state index >= 15 is 0 Å². The molecular formula is C14H20N2O5. The second-order valence-electron chi connectivity index (χ2n) is 5.19. The van der Waals surface area contributed by atoms with Gasteiger partial charge in [0.25, 0.3) is 0 Å². The van der Waals surface area contributed by atoms with Crippen LogP contribution in [0.1, 0.15) is 20.3 Å². The minimum Gasteiger partial charge on any atom is -0.490 e. The molecule has 0 aliphatic rings. The van der Waals surface area contributed by atoms with Crippen LogP contribution in [-0.4, -0.2) is 29.7 Å². The summed E-state index contributed by atoms with van der Waals surface area (Å²) < 4.78 is 4.97. The lowest BCUT2D eigenvalue weighted by Gasteiger charge is -2.16. The number of carboxylic acids is 1. The zero-order chi connectivity index (χ0) is 16.0. The van der Waals surface area contributed by atoms with Gasteiger partial charge < -0.3 is 15.2 Å². The molecule has 7 heteroatoms. The van der Waals surface area contributed by atoms with E-state index in [-0.39, 0.29) is 23.9 Å². The standard InChI is InChI=1S/C14H20N2O5/c1-9(2)6-10(14(17)18)8-15-11-4-5-12(16(19)20)13(7-11)21-3/h4-5,7,9-10,15H,6,8H2,1-3H3,(H,17,18). The van der Waals surface area contributed by atoms with Gasteiger partial charge in [0.05, 0.1) is 18.0 Å². The fourth-order valence-corrected chi connectivity index (χ4v) is 2.02. The molecule has 116 valence electrons. The lowest BCUT2D eigenvalue weighted by atomic mass is 9.97. The van der Waals surface area contributed by atoms with Crippen LogP contribution in [0.2, 0.25) is 0 Å². The summed E-state index contributed by atoms with van der Waals surface area (Å²) >= 11 is 0. The monoisotopic (exact) mass is 296 g/mol. The molecule has 0 radical (unpaired) electrons. The summed E-state index contributed by atoms with van der Waals surface area (Å²) in [5, 5.41) is 22.9. The number of ether oxygens (including phenoxy) is 1. The first-order valence-electron chi connectivity index (χ1n) is 6.64. The van der Waals surface area contributed by atoms with E-state index in [0.29, 0.717) is 12.1 Å². The minimum atomic E-state index is -0.856. The van der Waals surface area contributed by atoms with Gasteiger partial charge >= 0.3 is 11.7 Å². The van der Waals surface area contributed by atoms with Crippen molar-refractivity contribution < 1.29 is 19.6 Å². The topological polar surface area (TPSA) is 102 Å². The number of carbonyl (C=O) groups is 1. The number of hydrogen-bond donors (Lipinski definition) is 2. The van der Waals surface area contributed by atoms with E-state index < -0.39 is 16.8 Å². The Morgan fingerprint density at radius 3 is 2.62 bits per heavy atom. The van der Waals surface area contributed by atoms with Crippen molar-refractivity contribution in [2.75, 3.05) is 19.0 Å². The summed E-state index contributed by atoms with van der Waals surface area (Å²) in [5.41, 5.74) is 0.465. The number of rotatable bonds is 8. The van der Waals surface area contributed by atoms with Crippen LogP contribution in [0.3, 0.4) is 0 Å². The van der Waals surface area contributed by atoms with Crippen molar-refractivity contribution in [3.63, 3.8) is 0 Å². The highest BCUT2D eigenvalue weighted by Gasteiger charge is 2.19. The summed E-state index contributed by atoms with van der Waals surface area (Å²) in [6, 6.07) is 4.36. The summed E-state index contributed by atoms with van der Waals surface area (Å²) in [6.45, 7) is 4.18. The fraction of sp³-hybridized carbons (Fsp3) is 0.500. The Labute approximate surface area is 123 Å². The van der Waals surface area contributed by atoms with Gasteiger partial charge in [-0.15, -0.1) is 0 Å². The summed E-state index contributed by atoms with van der Waals surface area (Å²) in [4.78, 5) is 21.4. The molecule has 0 spiro atoms. The highest BCUT2D eigenvalue weighted by atomic mass is 16.6. The first-order chi connectivity index (χ1) is 9.85. The number of carboxylic acid groups (broad SMARTS) is 1. The van der Waals surface area contributed by atoms with Crippen LogP contribution >= 0.6 is 0 Å². The lowest BCUT2D eigenvalue weighted by Crippen LogP contribution is -2.24. The summed E-state index contributed by atoms with van der Waals surface area (Å²) in [5.74, 6) is -0.948. The van der Waals surface area contributed by atoms with E-state index in [4.69, 9.17) is 9.84 Å². The Morgan fingerprint density at radius 2 is 2.14 bits per heavy atom. The number of nitro groups is 1. The lowest BCUT2D eigenvalue weighted by molar-refractivity contribution is -0.385. The van der Waals surface area contributed by atoms with Gasteiger partial charge in [-0.25, -0.2) is 0 Å². The number of aliphatic carboxylic acids is 1. The van der Waals surface area contributed by atoms with E-state index in [9.17, 15) is 14.9 Å². The quantitative estimate of drug-likeness (QED) is 0.565. The molecule has 0 amide bonds. The van der Waals surface area contributed by atoms with Crippen molar-refractivity contribution in [1.82, 2.24) is 0 Å². The molecule has 0 bridgehead atoms. The van der Waals surface area contributed by atoms with Gasteiger partial charge in [-0.05, 0) is 18.4 Å². The molecule has 0 saturated carbocycles. The average molecular weight is 296 g/mol. The van der Waals surface area contributed by atoms with Gasteiger partial charge in [-0.2, -0.15) is 0 Å². The Bertz CT molecular complexity index is 516. The predicted octanol–water partition coefficient (Wildman–Crippen LogP) is 2.76. The number of nitro benzene ring substituents is 1. The van der Waals surface area contributed by atoms with E-state index in [2.05, 4.69) is 5.32 Å². The molecule has 0 aliphatic heterocycles. The van der Waals surface area contributed by atoms with Crippen molar-refractivity contribution in [2.45, 2.75) is 20.3 Å². The number of nitrogens with one attached hydrogen (secondary N) is 1. The maximum atomic E-state index is 11.2. The van der Waals surface area contributed by atoms with Gasteiger partial charge in [0.1, 0.15) is 0 Å². The van der Waals surface area contributed by atoms with E-state index in [1.165, 1.54) is 25.3 Å². The van der Waals surface area contributed by atoms with Crippen LogP contribution in [0.25, 0.3) is 0 Å². The third-order valence-electron chi connectivity index (χ3n) is 3.03. The van der Waals surface area contributed by atoms with Crippen molar-refractivity contribution >= 4 is 17.3 Å². The zero-order valence-electron chi connectivity index (χ0n) is 12.3. The van der Waals surface area contributed by atoms with Crippen LogP contribution in [0.15, 0.2) is 18.2 Å². The van der Waals surface area contributed by atoms with E-state index in [1.54, 1.807) is 0 Å². The molecule has 0 aromatic heterocycles. The molecule has 7 nitrogen and oxygen atoms in total. The Hall–Kier alpha value is -2.31. The number of nitrogens with zero attached hydrogens (tertiary/aromatic N) is 1. The van der Waals surface area contributed by atoms with Gasteiger partial charge in [0.2, 0.25) is 0 Å². The molecule has 0 saturated heterocycles. The summed E-state index contributed by atoms with van der Waals surface area (Å²) in [7, 11) is 1.35. The third kappa shape index (κ3) is 4.94. The van der Waals surface area contributed by atoms with E-state index in [1.807, 2.05) is 13.8 Å². The number of hydrogen-bond acceptors (Lipinski definition) is 5. The maximum absolute atomic E-state index is 11.2. The second-order valence-corrected chi connectivity index (χ2v) is 5.19. The molecule has 2 N–H and O–H groups in total. The largest absolute Gasteiger partial charge is 0.490 e. The fourth-order valence-electron chi connectivity index (χ4n) is 2.02. The van der Waals surface area contributed by atoms with Crippen molar-refractivity contribution in [1.29, 1.82) is 0 Å².